The number of methoxy groups -OCH3 is 2. The minimum absolute atomic E-state index is 0.0536. The van der Waals surface area contributed by atoms with Gasteiger partial charge in [-0.1, -0.05) is 0 Å². The Kier molecular flexibility index (Phi) is 4.67. The van der Waals surface area contributed by atoms with Gasteiger partial charge in [0.2, 0.25) is 0 Å². The summed E-state index contributed by atoms with van der Waals surface area (Å²) in [5.74, 6) is 0.745. The summed E-state index contributed by atoms with van der Waals surface area (Å²) in [6.45, 7) is 4.05. The second kappa shape index (κ2) is 6.96. The molecule has 3 aliphatic heterocycles. The van der Waals surface area contributed by atoms with E-state index >= 15 is 0 Å². The van der Waals surface area contributed by atoms with Crippen molar-refractivity contribution in [3.8, 4) is 5.75 Å². The highest BCUT2D eigenvalue weighted by atomic mass is 16.5. The first-order chi connectivity index (χ1) is 12.6. The quantitative estimate of drug-likeness (QED) is 0.604. The van der Waals surface area contributed by atoms with Crippen LogP contribution in [0.15, 0.2) is 18.2 Å². The molecule has 26 heavy (non-hydrogen) atoms. The maximum atomic E-state index is 11.8. The fourth-order valence-electron chi connectivity index (χ4n) is 4.80. The van der Waals surface area contributed by atoms with Crippen LogP contribution in [0.1, 0.15) is 12.8 Å². The van der Waals surface area contributed by atoms with Crippen LogP contribution in [0.25, 0.3) is 0 Å². The largest absolute Gasteiger partial charge is 0.495 e. The van der Waals surface area contributed by atoms with Gasteiger partial charge in [0.25, 0.3) is 0 Å². The molecule has 4 fully saturated rings. The molecule has 3 saturated heterocycles. The van der Waals surface area contributed by atoms with Crippen molar-refractivity contribution < 1.29 is 14.3 Å². The molecule has 0 amide bonds. The second-order valence-electron chi connectivity index (χ2n) is 7.51. The Morgan fingerprint density at radius 3 is 2.46 bits per heavy atom. The van der Waals surface area contributed by atoms with Crippen molar-refractivity contribution in [3.63, 3.8) is 0 Å². The van der Waals surface area contributed by atoms with Crippen LogP contribution in [0, 0.1) is 5.92 Å². The number of piperazine rings is 1. The van der Waals surface area contributed by atoms with Crippen LogP contribution in [-0.2, 0) is 9.53 Å². The molecule has 5 rings (SSSR count). The van der Waals surface area contributed by atoms with E-state index in [4.69, 9.17) is 15.2 Å². The number of carbonyl (C=O) groups excluding carboxylic acids is 1. The number of nitrogens with two attached hydrogens (primary N) is 1. The Labute approximate surface area is 154 Å². The summed E-state index contributed by atoms with van der Waals surface area (Å²) < 4.78 is 10.3. The zero-order valence-electron chi connectivity index (χ0n) is 15.5. The summed E-state index contributed by atoms with van der Waals surface area (Å²) in [5.41, 5.74) is 7.75. The van der Waals surface area contributed by atoms with E-state index in [1.54, 1.807) is 7.11 Å². The summed E-state index contributed by atoms with van der Waals surface area (Å²) in [4.78, 5) is 16.8. The van der Waals surface area contributed by atoms with E-state index in [1.807, 2.05) is 12.1 Å². The number of nitrogen functional groups attached to an aromatic ring is 1. The first-order valence-corrected chi connectivity index (χ1v) is 9.37. The molecule has 0 radical (unpaired) electrons. The maximum Gasteiger partial charge on any atom is 0.308 e. The minimum Gasteiger partial charge on any atom is -0.495 e. The third kappa shape index (κ3) is 2.99. The number of hydrogen-bond donors (Lipinski definition) is 2. The summed E-state index contributed by atoms with van der Waals surface area (Å²) in [5, 5.41) is 3.61. The third-order valence-corrected chi connectivity index (χ3v) is 6.18. The normalized spacial score (nSPS) is 31.2. The molecule has 7 nitrogen and oxygen atoms in total. The summed E-state index contributed by atoms with van der Waals surface area (Å²) >= 11 is 0. The number of piperidine rings is 1. The molecule has 0 aromatic heterocycles. The Morgan fingerprint density at radius 2 is 1.85 bits per heavy atom. The third-order valence-electron chi connectivity index (χ3n) is 6.18. The van der Waals surface area contributed by atoms with Gasteiger partial charge in [-0.2, -0.15) is 0 Å². The van der Waals surface area contributed by atoms with E-state index in [9.17, 15) is 4.79 Å². The predicted octanol–water partition coefficient (Wildman–Crippen LogP) is 0.691. The van der Waals surface area contributed by atoms with Crippen LogP contribution in [0.2, 0.25) is 0 Å². The smallest absolute Gasteiger partial charge is 0.308 e. The van der Waals surface area contributed by atoms with Gasteiger partial charge in [-0.05, 0) is 25.0 Å². The van der Waals surface area contributed by atoms with Crippen LogP contribution < -0.4 is 20.7 Å². The summed E-state index contributed by atoms with van der Waals surface area (Å²) in [7, 11) is 3.14. The lowest BCUT2D eigenvalue weighted by Gasteiger charge is -2.58. The first-order valence-electron chi connectivity index (χ1n) is 9.37. The highest BCUT2D eigenvalue weighted by Gasteiger charge is 2.51. The number of nitrogens with zero attached hydrogens (tertiary/aromatic N) is 2. The Morgan fingerprint density at radius 1 is 1.15 bits per heavy atom. The number of rotatable bonds is 4. The molecule has 2 atom stereocenters. The molecule has 0 spiro atoms. The fraction of sp³-hybridized carbons (Fsp3) is 0.632. The van der Waals surface area contributed by atoms with Gasteiger partial charge in [0, 0.05) is 56.1 Å². The Bertz CT molecular complexity index is 663. The molecule has 1 aliphatic carbocycles. The van der Waals surface area contributed by atoms with Gasteiger partial charge in [-0.3, -0.25) is 9.69 Å². The molecule has 4 aliphatic rings. The van der Waals surface area contributed by atoms with Gasteiger partial charge in [-0.25, -0.2) is 0 Å². The van der Waals surface area contributed by atoms with Crippen LogP contribution in [0.4, 0.5) is 11.4 Å². The van der Waals surface area contributed by atoms with Gasteiger partial charge in [0.05, 0.1) is 25.8 Å². The lowest BCUT2D eigenvalue weighted by molar-refractivity contribution is -0.150. The molecular weight excluding hydrogens is 332 g/mol. The Hall–Kier alpha value is -1.99. The molecule has 142 valence electrons. The van der Waals surface area contributed by atoms with Gasteiger partial charge in [0.15, 0.2) is 0 Å². The van der Waals surface area contributed by atoms with Crippen molar-refractivity contribution in [2.45, 2.75) is 31.0 Å². The summed E-state index contributed by atoms with van der Waals surface area (Å²) in [6, 6.07) is 7.38. The van der Waals surface area contributed by atoms with E-state index in [0.29, 0.717) is 23.8 Å². The van der Waals surface area contributed by atoms with E-state index < -0.39 is 0 Å². The highest BCUT2D eigenvalue weighted by Crippen LogP contribution is 2.37. The second-order valence-corrected chi connectivity index (χ2v) is 7.51. The number of ether oxygens (including phenoxy) is 2. The molecule has 2 unspecified atom stereocenters. The molecule has 1 aromatic carbocycles. The molecule has 3 heterocycles. The van der Waals surface area contributed by atoms with Crippen molar-refractivity contribution in [2.24, 2.45) is 5.92 Å². The lowest BCUT2D eigenvalue weighted by Crippen LogP contribution is -2.76. The topological polar surface area (TPSA) is 80.1 Å². The molecule has 1 aromatic rings. The van der Waals surface area contributed by atoms with Crippen molar-refractivity contribution in [2.75, 3.05) is 51.0 Å². The van der Waals surface area contributed by atoms with E-state index in [-0.39, 0.29) is 11.9 Å². The van der Waals surface area contributed by atoms with Crippen molar-refractivity contribution in [1.29, 1.82) is 0 Å². The monoisotopic (exact) mass is 360 g/mol. The number of benzene rings is 1. The van der Waals surface area contributed by atoms with Crippen LogP contribution in [-0.4, -0.2) is 69.4 Å². The number of nitrogens with one attached hydrogen (secondary N) is 1. The molecule has 3 N–H and O–H groups in total. The molecule has 2 bridgehead atoms. The van der Waals surface area contributed by atoms with Crippen molar-refractivity contribution >= 4 is 17.3 Å². The van der Waals surface area contributed by atoms with Gasteiger partial charge < -0.3 is 25.4 Å². The average Bonchev–Trinajstić information content (AvgIpc) is 2.68. The number of esters is 1. The van der Waals surface area contributed by atoms with Crippen molar-refractivity contribution in [1.82, 2.24) is 10.2 Å². The van der Waals surface area contributed by atoms with Crippen LogP contribution in [0.5, 0.6) is 5.75 Å². The zero-order valence-corrected chi connectivity index (χ0v) is 15.5. The highest BCUT2D eigenvalue weighted by molar-refractivity contribution is 5.73. The van der Waals surface area contributed by atoms with E-state index in [2.05, 4.69) is 21.2 Å². The number of fused-ring (bicyclic) bond motifs is 2. The number of anilines is 2. The first kappa shape index (κ1) is 17.4. The van der Waals surface area contributed by atoms with Gasteiger partial charge in [0.1, 0.15) is 5.75 Å². The average molecular weight is 360 g/mol. The standard InChI is InChI=1S/C19H28N4O3/c1-25-17-11-13(3-4-14(17)20)22-5-7-23(8-6-22)18-15-9-12(19(24)26-2)10-16(18)21-15/h3-4,11-12,15-16,18,21H,5-10,20H2,1-2H3. The molecule has 1 saturated carbocycles. The predicted molar refractivity (Wildman–Crippen MR) is 100 cm³/mol. The molecular formula is C19H28N4O3. The van der Waals surface area contributed by atoms with Crippen molar-refractivity contribution in [3.05, 3.63) is 18.2 Å². The summed E-state index contributed by atoms with van der Waals surface area (Å²) in [6.07, 6.45) is 1.78. The van der Waals surface area contributed by atoms with Crippen LogP contribution in [0.3, 0.4) is 0 Å². The van der Waals surface area contributed by atoms with Gasteiger partial charge >= 0.3 is 5.97 Å². The van der Waals surface area contributed by atoms with Gasteiger partial charge in [-0.15, -0.1) is 0 Å². The Balaban J connectivity index is 1.34. The molecule has 7 heteroatoms. The number of hydrogen-bond acceptors (Lipinski definition) is 7. The minimum atomic E-state index is -0.0536. The fourth-order valence-corrected chi connectivity index (χ4v) is 4.80. The number of carbonyl (C=O) groups is 1. The maximum absolute atomic E-state index is 11.8. The van der Waals surface area contributed by atoms with E-state index in [1.165, 1.54) is 7.11 Å². The SMILES string of the molecule is COC(=O)C1CC2NC(C1)C2N1CCN(c2ccc(N)c(OC)c2)CC1. The lowest BCUT2D eigenvalue weighted by atomic mass is 9.71. The van der Waals surface area contributed by atoms with E-state index in [0.717, 1.165) is 50.5 Å². The zero-order chi connectivity index (χ0) is 18.3. The van der Waals surface area contributed by atoms with Crippen LogP contribution >= 0.6 is 0 Å².